The number of amides is 1. The van der Waals surface area contributed by atoms with E-state index < -0.39 is 0 Å². The normalized spacial score (nSPS) is 13.4. The second kappa shape index (κ2) is 9.93. The van der Waals surface area contributed by atoms with E-state index in [0.717, 1.165) is 38.6 Å². The van der Waals surface area contributed by atoms with Crippen LogP contribution in [0, 0.1) is 6.92 Å². The van der Waals surface area contributed by atoms with Crippen molar-refractivity contribution in [2.75, 3.05) is 13.1 Å². The number of benzene rings is 2. The number of aliphatic imine (C=N–C) groups is 1. The van der Waals surface area contributed by atoms with Gasteiger partial charge in [0.1, 0.15) is 0 Å². The molecule has 1 aliphatic rings. The molecule has 2 N–H and O–H groups in total. The fourth-order valence-corrected chi connectivity index (χ4v) is 3.44. The Labute approximate surface area is 167 Å². The number of rotatable bonds is 7. The molecule has 148 valence electrons. The highest BCUT2D eigenvalue weighted by molar-refractivity contribution is 5.80. The second-order valence-electron chi connectivity index (χ2n) is 7.23. The largest absolute Gasteiger partial charge is 0.357 e. The van der Waals surface area contributed by atoms with Gasteiger partial charge in [0.2, 0.25) is 5.91 Å². The first-order valence-electron chi connectivity index (χ1n) is 10.1. The number of carbonyl (C=O) groups is 1. The summed E-state index contributed by atoms with van der Waals surface area (Å²) in [4.78, 5) is 19.1. The molecule has 5 nitrogen and oxygen atoms in total. The minimum Gasteiger partial charge on any atom is -0.357 e. The van der Waals surface area contributed by atoms with Gasteiger partial charge in [0.05, 0.1) is 6.54 Å². The zero-order valence-electron chi connectivity index (χ0n) is 16.9. The predicted molar refractivity (Wildman–Crippen MR) is 114 cm³/mol. The third kappa shape index (κ3) is 5.59. The summed E-state index contributed by atoms with van der Waals surface area (Å²) in [6, 6.07) is 16.7. The molecule has 1 amide bonds. The third-order valence-electron chi connectivity index (χ3n) is 4.90. The molecular weight excluding hydrogens is 348 g/mol. The highest BCUT2D eigenvalue weighted by atomic mass is 16.2. The molecule has 0 aliphatic carbocycles. The highest BCUT2D eigenvalue weighted by Crippen LogP contribution is 2.22. The summed E-state index contributed by atoms with van der Waals surface area (Å²) < 4.78 is 0. The van der Waals surface area contributed by atoms with E-state index >= 15 is 0 Å². The van der Waals surface area contributed by atoms with Gasteiger partial charge < -0.3 is 15.5 Å². The Morgan fingerprint density at radius 3 is 2.50 bits per heavy atom. The summed E-state index contributed by atoms with van der Waals surface area (Å²) in [5, 5.41) is 6.60. The van der Waals surface area contributed by atoms with Crippen LogP contribution in [0.4, 0.5) is 0 Å². The standard InChI is InChI=1S/C23H30N4O/c1-3-24-23(26-15-19-9-6-8-18(2)14-19)25-13-7-12-22(28)27-16-20-10-4-5-11-21(20)17-27/h4-6,8-11,14H,3,7,12-13,15-17H2,1-2H3,(H2,24,25,26). The SMILES string of the molecule is CCNC(=NCc1cccc(C)c1)NCCCC(=O)N1Cc2ccccc2C1. The van der Waals surface area contributed by atoms with Crippen LogP contribution >= 0.6 is 0 Å². The molecule has 0 spiro atoms. The maximum Gasteiger partial charge on any atom is 0.223 e. The minimum absolute atomic E-state index is 0.222. The van der Waals surface area contributed by atoms with Crippen LogP contribution in [0.3, 0.4) is 0 Å². The summed E-state index contributed by atoms with van der Waals surface area (Å²) in [5.41, 5.74) is 4.98. The lowest BCUT2D eigenvalue weighted by Gasteiger charge is -2.16. The van der Waals surface area contributed by atoms with Gasteiger partial charge in [-0.3, -0.25) is 4.79 Å². The zero-order valence-corrected chi connectivity index (χ0v) is 16.9. The molecule has 0 fully saturated rings. The minimum atomic E-state index is 0.222. The van der Waals surface area contributed by atoms with E-state index in [4.69, 9.17) is 0 Å². The van der Waals surface area contributed by atoms with Crippen LogP contribution in [0.25, 0.3) is 0 Å². The molecule has 2 aromatic carbocycles. The Hall–Kier alpha value is -2.82. The van der Waals surface area contributed by atoms with Crippen molar-refractivity contribution in [3.05, 3.63) is 70.8 Å². The Bertz CT molecular complexity index is 806. The molecule has 0 aromatic heterocycles. The molecule has 3 rings (SSSR count). The van der Waals surface area contributed by atoms with Gasteiger partial charge in [-0.05, 0) is 37.0 Å². The van der Waals surface area contributed by atoms with Gasteiger partial charge in [-0.15, -0.1) is 0 Å². The van der Waals surface area contributed by atoms with Crippen molar-refractivity contribution in [3.8, 4) is 0 Å². The van der Waals surface area contributed by atoms with E-state index in [9.17, 15) is 4.79 Å². The molecule has 2 aromatic rings. The van der Waals surface area contributed by atoms with E-state index in [2.05, 4.69) is 65.9 Å². The van der Waals surface area contributed by atoms with Crippen molar-refractivity contribution in [3.63, 3.8) is 0 Å². The van der Waals surface area contributed by atoms with Gasteiger partial charge in [-0.25, -0.2) is 4.99 Å². The number of hydrogen-bond donors (Lipinski definition) is 2. The average Bonchev–Trinajstić information content (AvgIpc) is 3.13. The number of carbonyl (C=O) groups excluding carboxylic acids is 1. The van der Waals surface area contributed by atoms with Crippen LogP contribution in [0.15, 0.2) is 53.5 Å². The summed E-state index contributed by atoms with van der Waals surface area (Å²) in [6.07, 6.45) is 1.35. The van der Waals surface area contributed by atoms with E-state index in [0.29, 0.717) is 13.0 Å². The van der Waals surface area contributed by atoms with E-state index in [1.807, 2.05) is 17.0 Å². The quantitative estimate of drug-likeness (QED) is 0.441. The smallest absolute Gasteiger partial charge is 0.223 e. The van der Waals surface area contributed by atoms with Crippen LogP contribution in [0.5, 0.6) is 0 Å². The molecule has 0 bridgehead atoms. The van der Waals surface area contributed by atoms with Gasteiger partial charge in [0, 0.05) is 32.6 Å². The number of guanidine groups is 1. The first kappa shape index (κ1) is 19.9. The van der Waals surface area contributed by atoms with E-state index in [1.165, 1.54) is 22.3 Å². The fraction of sp³-hybridized carbons (Fsp3) is 0.391. The highest BCUT2D eigenvalue weighted by Gasteiger charge is 2.22. The van der Waals surface area contributed by atoms with Gasteiger partial charge in [-0.1, -0.05) is 54.1 Å². The van der Waals surface area contributed by atoms with Crippen LogP contribution < -0.4 is 10.6 Å². The lowest BCUT2D eigenvalue weighted by molar-refractivity contribution is -0.131. The monoisotopic (exact) mass is 378 g/mol. The van der Waals surface area contributed by atoms with Crippen molar-refractivity contribution in [1.29, 1.82) is 0 Å². The second-order valence-corrected chi connectivity index (χ2v) is 7.23. The Morgan fingerprint density at radius 2 is 1.82 bits per heavy atom. The van der Waals surface area contributed by atoms with Crippen molar-refractivity contribution in [2.24, 2.45) is 4.99 Å². The molecule has 0 radical (unpaired) electrons. The number of fused-ring (bicyclic) bond motifs is 1. The third-order valence-corrected chi connectivity index (χ3v) is 4.90. The van der Waals surface area contributed by atoms with Crippen molar-refractivity contribution in [2.45, 2.75) is 46.3 Å². The topological polar surface area (TPSA) is 56.7 Å². The summed E-state index contributed by atoms with van der Waals surface area (Å²) in [5.74, 6) is 1.02. The number of aryl methyl sites for hydroxylation is 1. The van der Waals surface area contributed by atoms with Crippen molar-refractivity contribution < 1.29 is 4.79 Å². The summed E-state index contributed by atoms with van der Waals surface area (Å²) >= 11 is 0. The first-order valence-corrected chi connectivity index (χ1v) is 10.1. The molecule has 0 saturated heterocycles. The fourth-order valence-electron chi connectivity index (χ4n) is 3.44. The van der Waals surface area contributed by atoms with Gasteiger partial charge >= 0.3 is 0 Å². The molecule has 28 heavy (non-hydrogen) atoms. The average molecular weight is 379 g/mol. The number of nitrogens with zero attached hydrogens (tertiary/aromatic N) is 2. The molecular formula is C23H30N4O. The Morgan fingerprint density at radius 1 is 1.07 bits per heavy atom. The maximum absolute atomic E-state index is 12.5. The zero-order chi connectivity index (χ0) is 19.8. The molecule has 0 unspecified atom stereocenters. The summed E-state index contributed by atoms with van der Waals surface area (Å²) in [6.45, 7) is 7.80. The maximum atomic E-state index is 12.5. The molecule has 0 atom stereocenters. The molecule has 5 heteroatoms. The van der Waals surface area contributed by atoms with E-state index in [-0.39, 0.29) is 5.91 Å². The van der Waals surface area contributed by atoms with Gasteiger partial charge in [-0.2, -0.15) is 0 Å². The van der Waals surface area contributed by atoms with Crippen LogP contribution in [-0.4, -0.2) is 29.9 Å². The number of hydrogen-bond acceptors (Lipinski definition) is 2. The van der Waals surface area contributed by atoms with Crippen molar-refractivity contribution in [1.82, 2.24) is 15.5 Å². The lowest BCUT2D eigenvalue weighted by atomic mass is 10.1. The predicted octanol–water partition coefficient (Wildman–Crippen LogP) is 3.37. The van der Waals surface area contributed by atoms with E-state index in [1.54, 1.807) is 0 Å². The Kier molecular flexibility index (Phi) is 7.06. The first-order chi connectivity index (χ1) is 13.7. The molecule has 1 heterocycles. The van der Waals surface area contributed by atoms with Crippen LogP contribution in [0.2, 0.25) is 0 Å². The van der Waals surface area contributed by atoms with Crippen LogP contribution in [-0.2, 0) is 24.4 Å². The van der Waals surface area contributed by atoms with Crippen LogP contribution in [0.1, 0.15) is 42.0 Å². The summed E-state index contributed by atoms with van der Waals surface area (Å²) in [7, 11) is 0. The number of nitrogens with one attached hydrogen (secondary N) is 2. The van der Waals surface area contributed by atoms with Gasteiger partial charge in [0.15, 0.2) is 5.96 Å². The Balaban J connectivity index is 1.42. The van der Waals surface area contributed by atoms with Gasteiger partial charge in [0.25, 0.3) is 0 Å². The molecule has 1 aliphatic heterocycles. The van der Waals surface area contributed by atoms with Crippen molar-refractivity contribution >= 4 is 11.9 Å². The molecule has 0 saturated carbocycles. The lowest BCUT2D eigenvalue weighted by Crippen LogP contribution is -2.38.